The highest BCUT2D eigenvalue weighted by Gasteiger charge is 2.14. The molecule has 2 amide bonds. The second kappa shape index (κ2) is 7.85. The summed E-state index contributed by atoms with van der Waals surface area (Å²) in [7, 11) is 1.61. The molecule has 0 aliphatic heterocycles. The lowest BCUT2D eigenvalue weighted by Crippen LogP contribution is -2.34. The van der Waals surface area contributed by atoms with Crippen molar-refractivity contribution in [1.29, 1.82) is 0 Å². The van der Waals surface area contributed by atoms with Crippen LogP contribution in [0.25, 0.3) is 0 Å². The van der Waals surface area contributed by atoms with Crippen molar-refractivity contribution in [3.8, 4) is 0 Å². The Bertz CT molecular complexity index is 699. The number of thiazole rings is 1. The lowest BCUT2D eigenvalue weighted by atomic mass is 10.1. The third-order valence-corrected chi connectivity index (χ3v) is 4.21. The third-order valence-electron chi connectivity index (χ3n) is 3.24. The van der Waals surface area contributed by atoms with Crippen LogP contribution in [0.3, 0.4) is 0 Å². The molecule has 1 aromatic heterocycles. The van der Waals surface area contributed by atoms with Gasteiger partial charge in [-0.3, -0.25) is 9.59 Å². The van der Waals surface area contributed by atoms with Crippen LogP contribution in [0.5, 0.6) is 0 Å². The molecule has 0 saturated carbocycles. The number of anilines is 1. The first kappa shape index (κ1) is 17.1. The number of ether oxygens (including phenoxy) is 1. The predicted octanol–water partition coefficient (Wildman–Crippen LogP) is 2.41. The predicted molar refractivity (Wildman–Crippen MR) is 89.2 cm³/mol. The van der Waals surface area contributed by atoms with E-state index in [0.717, 1.165) is 16.3 Å². The van der Waals surface area contributed by atoms with E-state index in [-0.39, 0.29) is 12.6 Å². The van der Waals surface area contributed by atoms with Crippen LogP contribution in [0.1, 0.15) is 29.3 Å². The second-order valence-corrected chi connectivity index (χ2v) is 5.97. The number of hydrogen-bond acceptors (Lipinski definition) is 5. The van der Waals surface area contributed by atoms with Crippen molar-refractivity contribution in [1.82, 2.24) is 10.3 Å². The van der Waals surface area contributed by atoms with Crippen molar-refractivity contribution in [2.75, 3.05) is 12.4 Å². The standard InChI is InChI=1S/C16H19N3O3S/c1-10-9-23-14(18-10)8-17-15(20)16(21)19-13-6-4-5-12(7-13)11(2)22-3/h4-7,9,11H,8H2,1-3H3,(H,17,20)(H,19,21). The Hall–Kier alpha value is -2.25. The van der Waals surface area contributed by atoms with Crippen LogP contribution in [0.4, 0.5) is 5.69 Å². The molecule has 0 saturated heterocycles. The van der Waals surface area contributed by atoms with Gasteiger partial charge in [0.1, 0.15) is 5.01 Å². The molecule has 0 aliphatic carbocycles. The van der Waals surface area contributed by atoms with Gasteiger partial charge in [-0.25, -0.2) is 4.98 Å². The number of aromatic nitrogens is 1. The summed E-state index contributed by atoms with van der Waals surface area (Å²) in [6, 6.07) is 7.20. The number of nitrogens with zero attached hydrogens (tertiary/aromatic N) is 1. The van der Waals surface area contributed by atoms with Crippen molar-refractivity contribution in [2.24, 2.45) is 0 Å². The van der Waals surface area contributed by atoms with Gasteiger partial charge in [0, 0.05) is 23.9 Å². The molecule has 6 nitrogen and oxygen atoms in total. The largest absolute Gasteiger partial charge is 0.377 e. The molecule has 2 N–H and O–H groups in total. The van der Waals surface area contributed by atoms with E-state index in [1.165, 1.54) is 11.3 Å². The van der Waals surface area contributed by atoms with E-state index in [0.29, 0.717) is 5.69 Å². The first-order valence-corrected chi connectivity index (χ1v) is 8.00. The normalized spacial score (nSPS) is 11.8. The molecule has 0 fully saturated rings. The fourth-order valence-corrected chi connectivity index (χ4v) is 2.62. The minimum Gasteiger partial charge on any atom is -0.377 e. The van der Waals surface area contributed by atoms with Crippen LogP contribution in [0.15, 0.2) is 29.6 Å². The monoisotopic (exact) mass is 333 g/mol. The van der Waals surface area contributed by atoms with Gasteiger partial charge < -0.3 is 15.4 Å². The molecule has 1 heterocycles. The Kier molecular flexibility index (Phi) is 5.84. The molecule has 0 spiro atoms. The zero-order chi connectivity index (χ0) is 16.8. The van der Waals surface area contributed by atoms with Crippen LogP contribution in [-0.4, -0.2) is 23.9 Å². The topological polar surface area (TPSA) is 80.3 Å². The molecule has 2 rings (SSSR count). The molecular weight excluding hydrogens is 314 g/mol. The van der Waals surface area contributed by atoms with Gasteiger partial charge in [-0.1, -0.05) is 12.1 Å². The lowest BCUT2D eigenvalue weighted by molar-refractivity contribution is -0.136. The van der Waals surface area contributed by atoms with Crippen molar-refractivity contribution < 1.29 is 14.3 Å². The van der Waals surface area contributed by atoms with Gasteiger partial charge in [-0.15, -0.1) is 11.3 Å². The molecule has 1 atom stereocenters. The highest BCUT2D eigenvalue weighted by atomic mass is 32.1. The maximum absolute atomic E-state index is 11.9. The first-order valence-electron chi connectivity index (χ1n) is 7.12. The smallest absolute Gasteiger partial charge is 0.313 e. The SMILES string of the molecule is COC(C)c1cccc(NC(=O)C(=O)NCc2nc(C)cs2)c1. The number of aryl methyl sites for hydroxylation is 1. The zero-order valence-corrected chi connectivity index (χ0v) is 14.1. The zero-order valence-electron chi connectivity index (χ0n) is 13.3. The van der Waals surface area contributed by atoms with E-state index in [9.17, 15) is 9.59 Å². The summed E-state index contributed by atoms with van der Waals surface area (Å²) in [6.07, 6.45) is -0.0891. The molecule has 23 heavy (non-hydrogen) atoms. The van der Waals surface area contributed by atoms with Crippen molar-refractivity contribution in [3.05, 3.63) is 45.9 Å². The average molecular weight is 333 g/mol. The Balaban J connectivity index is 1.91. The molecule has 122 valence electrons. The van der Waals surface area contributed by atoms with Crippen LogP contribution in [0, 0.1) is 6.92 Å². The maximum Gasteiger partial charge on any atom is 0.313 e. The minimum absolute atomic E-state index is 0.0891. The number of amides is 2. The summed E-state index contributed by atoms with van der Waals surface area (Å²) < 4.78 is 5.24. The maximum atomic E-state index is 11.9. The van der Waals surface area contributed by atoms with Gasteiger partial charge in [-0.05, 0) is 31.5 Å². The molecule has 0 radical (unpaired) electrons. The van der Waals surface area contributed by atoms with Gasteiger partial charge >= 0.3 is 11.8 Å². The molecule has 0 aliphatic rings. The molecule has 1 unspecified atom stereocenters. The van der Waals surface area contributed by atoms with E-state index < -0.39 is 11.8 Å². The molecular formula is C16H19N3O3S. The summed E-state index contributed by atoms with van der Waals surface area (Å²) in [5.41, 5.74) is 2.37. The van der Waals surface area contributed by atoms with Gasteiger partial charge in [0.05, 0.1) is 12.6 Å². The Morgan fingerprint density at radius 3 is 2.78 bits per heavy atom. The van der Waals surface area contributed by atoms with Crippen molar-refractivity contribution in [3.63, 3.8) is 0 Å². The number of carbonyl (C=O) groups excluding carboxylic acids is 2. The number of nitrogens with one attached hydrogen (secondary N) is 2. The Morgan fingerprint density at radius 2 is 2.13 bits per heavy atom. The van der Waals surface area contributed by atoms with Gasteiger partial charge in [-0.2, -0.15) is 0 Å². The number of carbonyl (C=O) groups is 2. The van der Waals surface area contributed by atoms with Crippen LogP contribution in [0.2, 0.25) is 0 Å². The summed E-state index contributed by atoms with van der Waals surface area (Å²) >= 11 is 1.44. The summed E-state index contributed by atoms with van der Waals surface area (Å²) in [6.45, 7) is 4.03. The highest BCUT2D eigenvalue weighted by Crippen LogP contribution is 2.19. The minimum atomic E-state index is -0.708. The van der Waals surface area contributed by atoms with Crippen LogP contribution in [-0.2, 0) is 20.9 Å². The second-order valence-electron chi connectivity index (χ2n) is 5.02. The number of hydrogen-bond donors (Lipinski definition) is 2. The summed E-state index contributed by atoms with van der Waals surface area (Å²) in [5.74, 6) is -1.40. The fraction of sp³-hybridized carbons (Fsp3) is 0.312. The van der Waals surface area contributed by atoms with Gasteiger partial charge in [0.15, 0.2) is 0 Å². The third kappa shape index (κ3) is 4.87. The fourth-order valence-electron chi connectivity index (χ4n) is 1.91. The van der Waals surface area contributed by atoms with Crippen molar-refractivity contribution >= 4 is 28.8 Å². The lowest BCUT2D eigenvalue weighted by Gasteiger charge is -2.12. The van der Waals surface area contributed by atoms with Gasteiger partial charge in [0.2, 0.25) is 0 Å². The first-order chi connectivity index (χ1) is 11.0. The molecule has 2 aromatic rings. The molecule has 7 heteroatoms. The van der Waals surface area contributed by atoms with E-state index in [4.69, 9.17) is 4.74 Å². The molecule has 0 bridgehead atoms. The van der Waals surface area contributed by atoms with E-state index in [1.807, 2.05) is 25.3 Å². The number of methoxy groups -OCH3 is 1. The average Bonchev–Trinajstić information content (AvgIpc) is 2.97. The van der Waals surface area contributed by atoms with Crippen LogP contribution >= 0.6 is 11.3 Å². The van der Waals surface area contributed by atoms with Crippen molar-refractivity contribution in [2.45, 2.75) is 26.5 Å². The molecule has 1 aromatic carbocycles. The Labute approximate surface area is 138 Å². The Morgan fingerprint density at radius 1 is 1.35 bits per heavy atom. The van der Waals surface area contributed by atoms with E-state index >= 15 is 0 Å². The van der Waals surface area contributed by atoms with E-state index in [1.54, 1.807) is 25.3 Å². The summed E-state index contributed by atoms with van der Waals surface area (Å²) in [5, 5.41) is 7.79. The quantitative estimate of drug-likeness (QED) is 0.824. The van der Waals surface area contributed by atoms with E-state index in [2.05, 4.69) is 15.6 Å². The van der Waals surface area contributed by atoms with Gasteiger partial charge in [0.25, 0.3) is 0 Å². The number of benzene rings is 1. The highest BCUT2D eigenvalue weighted by molar-refractivity contribution is 7.09. The summed E-state index contributed by atoms with van der Waals surface area (Å²) in [4.78, 5) is 28.0. The van der Waals surface area contributed by atoms with Crippen LogP contribution < -0.4 is 10.6 Å². The number of rotatable bonds is 5.